The maximum atomic E-state index is 13.1. The minimum atomic E-state index is -2.75. The molecule has 2 heterocycles. The predicted octanol–water partition coefficient (Wildman–Crippen LogP) is 2.44. The molecule has 0 unspecified atom stereocenters. The number of alkyl halides is 2. The van der Waals surface area contributed by atoms with E-state index in [0.717, 1.165) is 0 Å². The summed E-state index contributed by atoms with van der Waals surface area (Å²) in [6, 6.07) is 3.73. The number of nitrogens with one attached hydrogen (secondary N) is 1. The van der Waals surface area contributed by atoms with E-state index in [1.54, 1.807) is 0 Å². The molecule has 0 saturated heterocycles. The van der Waals surface area contributed by atoms with E-state index in [9.17, 15) is 13.6 Å². The van der Waals surface area contributed by atoms with E-state index in [0.29, 0.717) is 5.75 Å². The van der Waals surface area contributed by atoms with Gasteiger partial charge >= 0.3 is 5.97 Å². The topological polar surface area (TPSA) is 84.4 Å². The largest absolute Gasteiger partial charge is 0.477 e. The van der Waals surface area contributed by atoms with Gasteiger partial charge in [-0.1, -0.05) is 0 Å². The summed E-state index contributed by atoms with van der Waals surface area (Å²) in [4.78, 5) is 10.8. The van der Waals surface area contributed by atoms with Crippen molar-refractivity contribution in [1.29, 1.82) is 0 Å². The Morgan fingerprint density at radius 2 is 2.00 bits per heavy atom. The van der Waals surface area contributed by atoms with Gasteiger partial charge < -0.3 is 14.6 Å². The van der Waals surface area contributed by atoms with Crippen LogP contribution in [0.4, 0.5) is 8.78 Å². The molecule has 0 fully saturated rings. The number of fused-ring (bicyclic) bond motifs is 1. The van der Waals surface area contributed by atoms with Crippen LogP contribution in [0.2, 0.25) is 0 Å². The van der Waals surface area contributed by atoms with Gasteiger partial charge in [-0.25, -0.2) is 13.6 Å². The number of H-pyrrole nitrogens is 1. The molecule has 1 aliphatic heterocycles. The van der Waals surface area contributed by atoms with Gasteiger partial charge in [0.25, 0.3) is 6.43 Å². The van der Waals surface area contributed by atoms with E-state index in [1.165, 1.54) is 18.2 Å². The molecule has 1 aromatic carbocycles. The summed E-state index contributed by atoms with van der Waals surface area (Å²) in [7, 11) is 0. The van der Waals surface area contributed by atoms with E-state index in [4.69, 9.17) is 14.6 Å². The van der Waals surface area contributed by atoms with E-state index >= 15 is 0 Å². The first-order valence-corrected chi connectivity index (χ1v) is 5.57. The Labute approximate surface area is 110 Å². The minimum Gasteiger partial charge on any atom is -0.477 e. The summed E-state index contributed by atoms with van der Waals surface area (Å²) in [5, 5.41) is 14.8. The Hall–Kier alpha value is -2.64. The highest BCUT2D eigenvalue weighted by Gasteiger charge is 2.24. The van der Waals surface area contributed by atoms with Crippen LogP contribution in [0.1, 0.15) is 22.5 Å². The van der Waals surface area contributed by atoms with E-state index in [-0.39, 0.29) is 35.1 Å². The second-order valence-corrected chi connectivity index (χ2v) is 4.07. The number of aromatic nitrogens is 2. The number of hydrogen-bond donors (Lipinski definition) is 2. The van der Waals surface area contributed by atoms with E-state index < -0.39 is 12.4 Å². The highest BCUT2D eigenvalue weighted by atomic mass is 19.3. The summed E-state index contributed by atoms with van der Waals surface area (Å²) in [5.41, 5.74) is -0.264. The molecule has 104 valence electrons. The van der Waals surface area contributed by atoms with Gasteiger partial charge in [-0.15, -0.1) is 0 Å². The second kappa shape index (κ2) is 4.48. The average Bonchev–Trinajstić information content (AvgIpc) is 3.05. The van der Waals surface area contributed by atoms with Crippen molar-refractivity contribution in [3.05, 3.63) is 29.5 Å². The molecule has 3 rings (SSSR count). The summed E-state index contributed by atoms with van der Waals surface area (Å²) < 4.78 is 36.4. The maximum absolute atomic E-state index is 13.1. The normalized spacial score (nSPS) is 12.9. The van der Waals surface area contributed by atoms with Crippen LogP contribution in [-0.2, 0) is 0 Å². The first-order chi connectivity index (χ1) is 9.56. The summed E-state index contributed by atoms with van der Waals surface area (Å²) in [6.07, 6.45) is -2.75. The van der Waals surface area contributed by atoms with Gasteiger partial charge in [0.15, 0.2) is 11.5 Å². The van der Waals surface area contributed by atoms with Crippen molar-refractivity contribution in [3.63, 3.8) is 0 Å². The standard InChI is InChI=1S/C12H8F2N2O4/c13-11(14)6-2-10-9(19-4-20-10)1-5(6)7-3-8(12(17)18)16-15-7/h1-3,11H,4H2,(H,15,16)(H,17,18). The monoisotopic (exact) mass is 282 g/mol. The van der Waals surface area contributed by atoms with Gasteiger partial charge in [0.05, 0.1) is 5.69 Å². The number of carboxylic acids is 1. The van der Waals surface area contributed by atoms with Crippen LogP contribution in [0.5, 0.6) is 11.5 Å². The average molecular weight is 282 g/mol. The number of halogens is 2. The zero-order valence-electron chi connectivity index (χ0n) is 9.89. The lowest BCUT2D eigenvalue weighted by Crippen LogP contribution is -1.95. The quantitative estimate of drug-likeness (QED) is 0.903. The smallest absolute Gasteiger partial charge is 0.353 e. The van der Waals surface area contributed by atoms with E-state index in [2.05, 4.69) is 10.2 Å². The van der Waals surface area contributed by atoms with Crippen molar-refractivity contribution in [2.75, 3.05) is 6.79 Å². The van der Waals surface area contributed by atoms with E-state index in [1.807, 2.05) is 0 Å². The van der Waals surface area contributed by atoms with Gasteiger partial charge in [-0.3, -0.25) is 5.10 Å². The number of ether oxygens (including phenoxy) is 2. The molecule has 2 N–H and O–H groups in total. The number of rotatable bonds is 3. The molecular formula is C12H8F2N2O4. The number of carboxylic acid groups (broad SMARTS) is 1. The zero-order valence-corrected chi connectivity index (χ0v) is 9.89. The van der Waals surface area contributed by atoms with Gasteiger partial charge in [0.1, 0.15) is 5.69 Å². The maximum Gasteiger partial charge on any atom is 0.353 e. The number of nitrogens with zero attached hydrogens (tertiary/aromatic N) is 1. The molecule has 0 atom stereocenters. The third-order valence-electron chi connectivity index (χ3n) is 2.86. The van der Waals surface area contributed by atoms with Gasteiger partial charge in [0.2, 0.25) is 6.79 Å². The molecule has 20 heavy (non-hydrogen) atoms. The molecule has 0 spiro atoms. The third-order valence-corrected chi connectivity index (χ3v) is 2.86. The molecular weight excluding hydrogens is 274 g/mol. The van der Waals surface area contributed by atoms with Crippen LogP contribution >= 0.6 is 0 Å². The molecule has 0 bridgehead atoms. The Kier molecular flexibility index (Phi) is 2.78. The Balaban J connectivity index is 2.13. The number of carbonyl (C=O) groups is 1. The SMILES string of the molecule is O=C(O)c1cc(-c2cc3c(cc2C(F)F)OCO3)n[nH]1. The Morgan fingerprint density at radius 3 is 2.60 bits per heavy atom. The molecule has 1 aromatic heterocycles. The van der Waals surface area contributed by atoms with Gasteiger partial charge in [-0.05, 0) is 18.2 Å². The number of hydrogen-bond acceptors (Lipinski definition) is 4. The molecule has 2 aromatic rings. The fraction of sp³-hybridized carbons (Fsp3) is 0.167. The predicted molar refractivity (Wildman–Crippen MR) is 62.1 cm³/mol. The van der Waals surface area contributed by atoms with Crippen molar-refractivity contribution >= 4 is 5.97 Å². The first kappa shape index (κ1) is 12.4. The number of aromatic amines is 1. The lowest BCUT2D eigenvalue weighted by Gasteiger charge is -2.08. The van der Waals surface area contributed by atoms with Crippen molar-refractivity contribution in [3.8, 4) is 22.8 Å². The Morgan fingerprint density at radius 1 is 1.30 bits per heavy atom. The van der Waals surface area contributed by atoms with Crippen molar-refractivity contribution in [2.24, 2.45) is 0 Å². The minimum absolute atomic E-state index is 0.0393. The number of benzene rings is 1. The van der Waals surface area contributed by atoms with Crippen LogP contribution in [0, 0.1) is 0 Å². The molecule has 0 saturated carbocycles. The van der Waals surface area contributed by atoms with Crippen LogP contribution in [0.3, 0.4) is 0 Å². The molecule has 1 aliphatic rings. The highest BCUT2D eigenvalue weighted by Crippen LogP contribution is 2.41. The van der Waals surface area contributed by atoms with Crippen LogP contribution in [0.15, 0.2) is 18.2 Å². The van der Waals surface area contributed by atoms with Crippen LogP contribution in [-0.4, -0.2) is 28.1 Å². The fourth-order valence-corrected chi connectivity index (χ4v) is 1.93. The zero-order chi connectivity index (χ0) is 14.3. The summed E-state index contributed by atoms with van der Waals surface area (Å²) in [5.74, 6) is -0.662. The van der Waals surface area contributed by atoms with Crippen molar-refractivity contribution in [2.45, 2.75) is 6.43 Å². The Bertz CT molecular complexity index is 684. The summed E-state index contributed by atoms with van der Waals surface area (Å²) >= 11 is 0. The lowest BCUT2D eigenvalue weighted by atomic mass is 10.0. The molecule has 0 radical (unpaired) electrons. The lowest BCUT2D eigenvalue weighted by molar-refractivity contribution is 0.0690. The van der Waals surface area contributed by atoms with Crippen molar-refractivity contribution in [1.82, 2.24) is 10.2 Å². The van der Waals surface area contributed by atoms with Crippen LogP contribution in [0.25, 0.3) is 11.3 Å². The first-order valence-electron chi connectivity index (χ1n) is 5.57. The molecule has 0 aliphatic carbocycles. The summed E-state index contributed by atoms with van der Waals surface area (Å²) in [6.45, 7) is -0.0393. The van der Waals surface area contributed by atoms with Gasteiger partial charge in [-0.2, -0.15) is 5.10 Å². The van der Waals surface area contributed by atoms with Crippen LogP contribution < -0.4 is 9.47 Å². The molecule has 8 heteroatoms. The number of aromatic carboxylic acids is 1. The second-order valence-electron chi connectivity index (χ2n) is 4.07. The highest BCUT2D eigenvalue weighted by molar-refractivity contribution is 5.87. The van der Waals surface area contributed by atoms with Crippen molar-refractivity contribution < 1.29 is 28.2 Å². The fourth-order valence-electron chi connectivity index (χ4n) is 1.93. The van der Waals surface area contributed by atoms with Gasteiger partial charge in [0, 0.05) is 11.1 Å². The molecule has 6 nitrogen and oxygen atoms in total. The molecule has 0 amide bonds. The third kappa shape index (κ3) is 1.94.